The third kappa shape index (κ3) is 3.51. The molecule has 0 fully saturated rings. The summed E-state index contributed by atoms with van der Waals surface area (Å²) >= 11 is 0. The van der Waals surface area contributed by atoms with Gasteiger partial charge < -0.3 is 20.1 Å². The van der Waals surface area contributed by atoms with Crippen molar-refractivity contribution in [3.05, 3.63) is 59.7 Å². The van der Waals surface area contributed by atoms with Crippen molar-refractivity contribution in [3.63, 3.8) is 0 Å². The molecule has 0 aromatic heterocycles. The van der Waals surface area contributed by atoms with Gasteiger partial charge in [0.15, 0.2) is 17.2 Å². The van der Waals surface area contributed by atoms with Crippen LogP contribution in [0.25, 0.3) is 10.8 Å². The molecule has 0 spiro atoms. The summed E-state index contributed by atoms with van der Waals surface area (Å²) in [5, 5.41) is 34.0. The van der Waals surface area contributed by atoms with Crippen molar-refractivity contribution in [2.75, 3.05) is 7.11 Å². The molecule has 3 aromatic carbocycles. The van der Waals surface area contributed by atoms with Crippen LogP contribution in [0.1, 0.15) is 15.9 Å². The molecule has 7 nitrogen and oxygen atoms in total. The van der Waals surface area contributed by atoms with Gasteiger partial charge in [-0.15, -0.1) is 0 Å². The van der Waals surface area contributed by atoms with Crippen LogP contribution in [0.5, 0.6) is 23.0 Å². The van der Waals surface area contributed by atoms with Crippen LogP contribution in [0.4, 0.5) is 0 Å². The van der Waals surface area contributed by atoms with E-state index in [0.29, 0.717) is 0 Å². The van der Waals surface area contributed by atoms with Gasteiger partial charge in [0.05, 0.1) is 13.3 Å². The molecule has 4 N–H and O–H groups in total. The fraction of sp³-hybridized carbons (Fsp3) is 0.0526. The van der Waals surface area contributed by atoms with Crippen molar-refractivity contribution in [1.82, 2.24) is 5.43 Å². The number of hydrazone groups is 1. The summed E-state index contributed by atoms with van der Waals surface area (Å²) in [6, 6.07) is 13.4. The maximum atomic E-state index is 12.0. The van der Waals surface area contributed by atoms with Crippen LogP contribution < -0.4 is 10.2 Å². The second kappa shape index (κ2) is 7.02. The van der Waals surface area contributed by atoms with Crippen LogP contribution in [0.3, 0.4) is 0 Å². The largest absolute Gasteiger partial charge is 0.504 e. The number of benzene rings is 3. The smallest absolute Gasteiger partial charge is 0.271 e. The summed E-state index contributed by atoms with van der Waals surface area (Å²) in [7, 11) is 1.61. The van der Waals surface area contributed by atoms with E-state index in [9.17, 15) is 20.1 Å². The lowest BCUT2D eigenvalue weighted by atomic mass is 10.1. The molecular formula is C19H16N2O5. The first-order valence-corrected chi connectivity index (χ1v) is 7.64. The van der Waals surface area contributed by atoms with Gasteiger partial charge >= 0.3 is 0 Å². The van der Waals surface area contributed by atoms with Crippen molar-refractivity contribution >= 4 is 22.9 Å². The molecule has 0 bridgehead atoms. The number of nitrogens with zero attached hydrogens (tertiary/aromatic N) is 1. The number of ether oxygens (including phenoxy) is 1. The highest BCUT2D eigenvalue weighted by Gasteiger charge is 2.12. The summed E-state index contributed by atoms with van der Waals surface area (Å²) in [6.07, 6.45) is 1.47. The number of carbonyl (C=O) groups is 1. The van der Waals surface area contributed by atoms with Gasteiger partial charge in [-0.05, 0) is 46.7 Å². The number of hydrogen-bond acceptors (Lipinski definition) is 6. The van der Waals surface area contributed by atoms with E-state index in [-0.39, 0.29) is 5.56 Å². The fourth-order valence-electron chi connectivity index (χ4n) is 2.41. The Bertz CT molecular complexity index is 991. The molecule has 0 saturated heterocycles. The highest BCUT2D eigenvalue weighted by atomic mass is 16.5. The van der Waals surface area contributed by atoms with E-state index in [2.05, 4.69) is 10.5 Å². The van der Waals surface area contributed by atoms with Crippen LogP contribution >= 0.6 is 0 Å². The Hall–Kier alpha value is -3.74. The summed E-state index contributed by atoms with van der Waals surface area (Å²) < 4.78 is 5.18. The van der Waals surface area contributed by atoms with Crippen LogP contribution in [-0.4, -0.2) is 34.6 Å². The summed E-state index contributed by atoms with van der Waals surface area (Å²) in [5.74, 6) is -1.74. The predicted octanol–water partition coefficient (Wildman–Crippen LogP) is 2.73. The molecule has 0 aliphatic rings. The lowest BCUT2D eigenvalue weighted by molar-refractivity contribution is 0.0954. The van der Waals surface area contributed by atoms with Crippen LogP contribution in [-0.2, 0) is 0 Å². The van der Waals surface area contributed by atoms with Crippen LogP contribution in [0.2, 0.25) is 0 Å². The third-order valence-electron chi connectivity index (χ3n) is 3.78. The molecule has 3 aromatic rings. The van der Waals surface area contributed by atoms with E-state index in [4.69, 9.17) is 4.74 Å². The number of aromatic hydroxyl groups is 3. The average Bonchev–Trinajstić information content (AvgIpc) is 2.65. The molecular weight excluding hydrogens is 336 g/mol. The Kier molecular flexibility index (Phi) is 4.62. The second-order valence-corrected chi connectivity index (χ2v) is 5.53. The molecule has 0 heterocycles. The third-order valence-corrected chi connectivity index (χ3v) is 3.78. The van der Waals surface area contributed by atoms with Crippen molar-refractivity contribution in [2.45, 2.75) is 0 Å². The monoisotopic (exact) mass is 352 g/mol. The first-order valence-electron chi connectivity index (χ1n) is 7.64. The van der Waals surface area contributed by atoms with E-state index < -0.39 is 23.2 Å². The number of phenolic OH excluding ortho intramolecular Hbond substituents is 3. The van der Waals surface area contributed by atoms with Gasteiger partial charge in [-0.2, -0.15) is 5.10 Å². The van der Waals surface area contributed by atoms with Gasteiger partial charge in [0.25, 0.3) is 5.91 Å². The van der Waals surface area contributed by atoms with Crippen molar-refractivity contribution in [3.8, 4) is 23.0 Å². The minimum absolute atomic E-state index is 0.0412. The average molecular weight is 352 g/mol. The van der Waals surface area contributed by atoms with Crippen molar-refractivity contribution < 1.29 is 24.9 Å². The lowest BCUT2D eigenvalue weighted by Crippen LogP contribution is -2.17. The summed E-state index contributed by atoms with van der Waals surface area (Å²) in [4.78, 5) is 12.0. The number of phenols is 3. The van der Waals surface area contributed by atoms with E-state index in [1.165, 1.54) is 6.21 Å². The van der Waals surface area contributed by atoms with Crippen LogP contribution in [0.15, 0.2) is 53.6 Å². The quantitative estimate of drug-likeness (QED) is 0.328. The molecule has 0 aliphatic heterocycles. The number of carbonyl (C=O) groups excluding carboxylic acids is 1. The molecule has 3 rings (SSSR count). The normalized spacial score (nSPS) is 11.0. The number of nitrogens with one attached hydrogen (secondary N) is 1. The predicted molar refractivity (Wildman–Crippen MR) is 97.0 cm³/mol. The molecule has 7 heteroatoms. The van der Waals surface area contributed by atoms with E-state index >= 15 is 0 Å². The zero-order valence-corrected chi connectivity index (χ0v) is 13.8. The fourth-order valence-corrected chi connectivity index (χ4v) is 2.41. The van der Waals surface area contributed by atoms with Crippen LogP contribution in [0, 0.1) is 0 Å². The van der Waals surface area contributed by atoms with Crippen molar-refractivity contribution in [1.29, 1.82) is 0 Å². The maximum absolute atomic E-state index is 12.0. The zero-order chi connectivity index (χ0) is 18.7. The number of rotatable bonds is 4. The maximum Gasteiger partial charge on any atom is 0.271 e. The Morgan fingerprint density at radius 1 is 1.00 bits per heavy atom. The molecule has 0 saturated carbocycles. The topological polar surface area (TPSA) is 111 Å². The van der Waals surface area contributed by atoms with Gasteiger partial charge in [-0.25, -0.2) is 5.43 Å². The number of hydrogen-bond donors (Lipinski definition) is 4. The molecule has 1 amide bonds. The van der Waals surface area contributed by atoms with Gasteiger partial charge in [0.1, 0.15) is 5.75 Å². The first-order chi connectivity index (χ1) is 12.5. The van der Waals surface area contributed by atoms with Gasteiger partial charge in [-0.3, -0.25) is 4.79 Å². The number of methoxy groups -OCH3 is 1. The summed E-state index contributed by atoms with van der Waals surface area (Å²) in [5.41, 5.74) is 3.03. The minimum Gasteiger partial charge on any atom is -0.504 e. The van der Waals surface area contributed by atoms with E-state index in [1.807, 2.05) is 36.4 Å². The number of amides is 1. The highest BCUT2D eigenvalue weighted by molar-refractivity contribution is 5.96. The Morgan fingerprint density at radius 2 is 1.65 bits per heavy atom. The minimum atomic E-state index is -0.683. The molecule has 0 radical (unpaired) electrons. The molecule has 26 heavy (non-hydrogen) atoms. The molecule has 0 unspecified atom stereocenters. The zero-order valence-electron chi connectivity index (χ0n) is 13.8. The number of fused-ring (bicyclic) bond motifs is 1. The summed E-state index contributed by atoms with van der Waals surface area (Å²) in [6.45, 7) is 0. The lowest BCUT2D eigenvalue weighted by Gasteiger charge is -2.05. The molecule has 0 atom stereocenters. The Balaban J connectivity index is 1.74. The Morgan fingerprint density at radius 3 is 2.35 bits per heavy atom. The SMILES string of the molecule is COc1ccc2cc(/C=N/NC(=O)c3cc(O)c(O)c(O)c3)ccc2c1. The first kappa shape index (κ1) is 17.1. The van der Waals surface area contributed by atoms with Crippen molar-refractivity contribution in [2.24, 2.45) is 5.10 Å². The van der Waals surface area contributed by atoms with Gasteiger partial charge in [0.2, 0.25) is 0 Å². The standard InChI is InChI=1S/C19H16N2O5/c1-26-15-5-4-12-6-11(2-3-13(12)7-15)10-20-21-19(25)14-8-16(22)18(24)17(23)9-14/h2-10,22-24H,1H3,(H,21,25)/b20-10+. The second-order valence-electron chi connectivity index (χ2n) is 5.53. The van der Waals surface area contributed by atoms with E-state index in [0.717, 1.165) is 34.2 Å². The van der Waals surface area contributed by atoms with Gasteiger partial charge in [0, 0.05) is 5.56 Å². The van der Waals surface area contributed by atoms with E-state index in [1.54, 1.807) is 7.11 Å². The molecule has 0 aliphatic carbocycles. The van der Waals surface area contributed by atoms with Gasteiger partial charge in [-0.1, -0.05) is 18.2 Å². The Labute approximate surface area is 148 Å². The highest BCUT2D eigenvalue weighted by Crippen LogP contribution is 2.35. The molecule has 132 valence electrons.